The van der Waals surface area contributed by atoms with Crippen LogP contribution in [0.5, 0.6) is 63.2 Å². The summed E-state index contributed by atoms with van der Waals surface area (Å²) in [5, 5.41) is 129. The van der Waals surface area contributed by atoms with Gasteiger partial charge in [-0.3, -0.25) is 0 Å². The van der Waals surface area contributed by atoms with E-state index >= 15 is 0 Å². The highest BCUT2D eigenvalue weighted by Gasteiger charge is 2.48. The van der Waals surface area contributed by atoms with Crippen molar-refractivity contribution in [3.8, 4) is 74.6 Å². The maximum atomic E-state index is 12.1. The highest BCUT2D eigenvalue weighted by molar-refractivity contribution is 5.92. The number of aliphatic hydroxyl groups excluding tert-OH is 5. The minimum absolute atomic E-state index is 0.0462. The molecule has 0 spiro atoms. The van der Waals surface area contributed by atoms with Gasteiger partial charge < -0.3 is 85.0 Å². The van der Waals surface area contributed by atoms with Crippen molar-refractivity contribution in [1.29, 1.82) is 0 Å². The number of fused-ring (bicyclic) bond motifs is 2. The van der Waals surface area contributed by atoms with Crippen LogP contribution < -0.4 is 18.9 Å². The first-order valence-corrected chi connectivity index (χ1v) is 16.9. The fourth-order valence-corrected chi connectivity index (χ4v) is 7.02. The van der Waals surface area contributed by atoms with E-state index in [-0.39, 0.29) is 62.0 Å². The smallest absolute Gasteiger partial charge is 0.402 e. The van der Waals surface area contributed by atoms with Crippen LogP contribution in [-0.4, -0.2) is 119 Å². The van der Waals surface area contributed by atoms with Gasteiger partial charge in [-0.25, -0.2) is 4.42 Å². The molecule has 2 aliphatic heterocycles. The van der Waals surface area contributed by atoms with Gasteiger partial charge in [0, 0.05) is 42.0 Å². The molecule has 1 fully saturated rings. The van der Waals surface area contributed by atoms with Gasteiger partial charge in [0.05, 0.1) is 32.3 Å². The van der Waals surface area contributed by atoms with Crippen molar-refractivity contribution in [3.63, 3.8) is 0 Å². The zero-order valence-corrected chi connectivity index (χ0v) is 29.3. The zero-order valence-electron chi connectivity index (χ0n) is 29.3. The average molecular weight is 782 g/mol. The Hall–Kier alpha value is -6.15. The van der Waals surface area contributed by atoms with Crippen LogP contribution in [0.2, 0.25) is 0 Å². The minimum atomic E-state index is -1.89. The zero-order chi connectivity index (χ0) is 40.3. The molecule has 8 atom stereocenters. The first-order chi connectivity index (χ1) is 26.7. The van der Waals surface area contributed by atoms with Crippen molar-refractivity contribution >= 4 is 11.0 Å². The van der Waals surface area contributed by atoms with Crippen LogP contribution in [0.3, 0.4) is 0 Å². The largest absolute Gasteiger partial charge is 0.508 e. The summed E-state index contributed by atoms with van der Waals surface area (Å²) in [7, 11) is 2.52. The van der Waals surface area contributed by atoms with E-state index < -0.39 is 95.7 Å². The summed E-state index contributed by atoms with van der Waals surface area (Å²) < 4.78 is 34.7. The van der Waals surface area contributed by atoms with Crippen LogP contribution in [0.4, 0.5) is 0 Å². The summed E-state index contributed by atoms with van der Waals surface area (Å²) in [6.45, 7) is -0.778. The van der Waals surface area contributed by atoms with E-state index in [0.717, 1.165) is 30.3 Å². The molecule has 0 saturated carbocycles. The number of methoxy groups -OCH3 is 2. The van der Waals surface area contributed by atoms with Crippen LogP contribution in [0.25, 0.3) is 22.3 Å². The maximum Gasteiger partial charge on any atom is 0.402 e. The van der Waals surface area contributed by atoms with Gasteiger partial charge >= 0.3 is 11.3 Å². The molecule has 56 heavy (non-hydrogen) atoms. The molecule has 1 saturated heterocycles. The third-order valence-corrected chi connectivity index (χ3v) is 9.81. The fraction of sp³-hybridized carbons (Fsp3) is 0.289. The molecule has 3 heterocycles. The van der Waals surface area contributed by atoms with Crippen LogP contribution in [-0.2, 0) is 4.74 Å². The molecule has 12 N–H and O–H groups in total. The minimum Gasteiger partial charge on any atom is -0.508 e. The van der Waals surface area contributed by atoms with Gasteiger partial charge in [0.15, 0.2) is 29.1 Å². The average Bonchev–Trinajstić information content (AvgIpc) is 3.16. The van der Waals surface area contributed by atoms with Crippen LogP contribution in [0.15, 0.2) is 59.0 Å². The van der Waals surface area contributed by atoms with Crippen LogP contribution in [0, 0.1) is 0 Å². The predicted octanol–water partition coefficient (Wildman–Crippen LogP) is 2.14. The molecule has 0 radical (unpaired) electrons. The molecule has 2 unspecified atom stereocenters. The van der Waals surface area contributed by atoms with Crippen molar-refractivity contribution in [2.45, 2.75) is 48.8 Å². The van der Waals surface area contributed by atoms with Crippen molar-refractivity contribution in [2.75, 3.05) is 20.8 Å². The lowest BCUT2D eigenvalue weighted by Gasteiger charge is -2.39. The number of benzene rings is 4. The Morgan fingerprint density at radius 1 is 0.661 bits per heavy atom. The molecule has 18 nitrogen and oxygen atoms in total. The first kappa shape index (κ1) is 38.1. The molecule has 2 aliphatic rings. The van der Waals surface area contributed by atoms with Gasteiger partial charge in [0.2, 0.25) is 17.8 Å². The lowest BCUT2D eigenvalue weighted by atomic mass is 9.78. The summed E-state index contributed by atoms with van der Waals surface area (Å²) in [4.78, 5) is 0. The number of aromatic hydroxyl groups is 7. The molecule has 7 rings (SSSR count). The van der Waals surface area contributed by atoms with Crippen molar-refractivity contribution < 1.29 is 89.4 Å². The third kappa shape index (κ3) is 6.33. The Labute approximate surface area is 315 Å². The van der Waals surface area contributed by atoms with E-state index in [9.17, 15) is 61.3 Å². The molecule has 4 aromatic carbocycles. The lowest BCUT2D eigenvalue weighted by Crippen LogP contribution is -2.60. The van der Waals surface area contributed by atoms with Crippen LogP contribution >= 0.6 is 0 Å². The Bertz CT molecular complexity index is 2280. The topological polar surface area (TPSA) is 300 Å². The molecule has 1 aromatic heterocycles. The number of aliphatic hydroxyl groups is 5. The second-order valence-corrected chi connectivity index (χ2v) is 13.2. The van der Waals surface area contributed by atoms with E-state index in [1.807, 2.05) is 0 Å². The molecular formula is C38H37O18+. The van der Waals surface area contributed by atoms with Gasteiger partial charge in [0.25, 0.3) is 0 Å². The lowest BCUT2D eigenvalue weighted by molar-refractivity contribution is -0.277. The SMILES string of the molecule is COc1cc(-c2[o+]c3c(C4c5c(O)cc(O)cc5O[C@H](c5ccc(O)c(O)c5)C4O)c(O)cc(O)c3cc2O[C@@H]2O[C@H](CO)[C@@H](O)[C@H](O)[C@H]2O)cc(OC)c1O. The second-order valence-electron chi connectivity index (χ2n) is 13.2. The van der Waals surface area contributed by atoms with Crippen molar-refractivity contribution in [2.24, 2.45) is 0 Å². The van der Waals surface area contributed by atoms with E-state index in [1.54, 1.807) is 0 Å². The standard InChI is InChI=1S/C38H36O18/c1-51-23-6-14(7-24(52-2)30(23)46)35-25(54-38-34(50)33(49)31(47)26(12-39)55-38)10-16-18(42)11-21(45)28(37(16)56-35)29-27-20(44)8-15(40)9-22(27)53-36(32(29)48)13-3-4-17(41)19(43)5-13/h3-11,26,29,31-34,36,38-39,47-50H,12H2,1-2H3,(H6-,40,41,42,43,44,45,46)/p+1/t26-,29?,31-,32?,33+,34-,36-,38-/m1/s1. The summed E-state index contributed by atoms with van der Waals surface area (Å²) in [6.07, 6.45) is -11.7. The number of ether oxygens (including phenoxy) is 5. The van der Waals surface area contributed by atoms with Crippen molar-refractivity contribution in [1.82, 2.24) is 0 Å². The van der Waals surface area contributed by atoms with E-state index in [1.165, 1.54) is 38.5 Å². The Balaban J connectivity index is 1.50. The number of hydrogen-bond donors (Lipinski definition) is 12. The van der Waals surface area contributed by atoms with Gasteiger partial charge in [-0.05, 0) is 17.7 Å². The molecule has 0 bridgehead atoms. The van der Waals surface area contributed by atoms with E-state index in [2.05, 4.69) is 0 Å². The highest BCUT2D eigenvalue weighted by atomic mass is 16.7. The monoisotopic (exact) mass is 781 g/mol. The highest BCUT2D eigenvalue weighted by Crippen LogP contribution is 2.55. The summed E-state index contributed by atoms with van der Waals surface area (Å²) in [5.74, 6) is -6.20. The Morgan fingerprint density at radius 2 is 1.34 bits per heavy atom. The number of rotatable bonds is 8. The summed E-state index contributed by atoms with van der Waals surface area (Å²) >= 11 is 0. The number of phenolic OH excluding ortho intramolecular Hbond substituents is 7. The third-order valence-electron chi connectivity index (χ3n) is 9.81. The van der Waals surface area contributed by atoms with Crippen molar-refractivity contribution in [3.05, 3.63) is 71.3 Å². The Morgan fingerprint density at radius 3 is 1.98 bits per heavy atom. The normalized spacial score (nSPS) is 24.6. The molecule has 0 aliphatic carbocycles. The first-order valence-electron chi connectivity index (χ1n) is 16.9. The molecule has 296 valence electrons. The van der Waals surface area contributed by atoms with Crippen LogP contribution in [0.1, 0.15) is 28.7 Å². The number of phenols is 7. The van der Waals surface area contributed by atoms with Gasteiger partial charge in [-0.1, -0.05) is 6.07 Å². The predicted molar refractivity (Wildman–Crippen MR) is 189 cm³/mol. The number of hydrogen-bond acceptors (Lipinski definition) is 17. The Kier molecular flexibility index (Phi) is 9.87. The van der Waals surface area contributed by atoms with E-state index in [0.29, 0.717) is 0 Å². The van der Waals surface area contributed by atoms with E-state index in [4.69, 9.17) is 28.1 Å². The fourth-order valence-electron chi connectivity index (χ4n) is 7.02. The molecule has 0 amide bonds. The van der Waals surface area contributed by atoms with Gasteiger partial charge in [-0.15, -0.1) is 0 Å². The molecular weight excluding hydrogens is 744 g/mol. The van der Waals surface area contributed by atoms with Gasteiger partial charge in [-0.2, -0.15) is 0 Å². The summed E-state index contributed by atoms with van der Waals surface area (Å²) in [6, 6.07) is 10.4. The maximum absolute atomic E-state index is 12.1. The summed E-state index contributed by atoms with van der Waals surface area (Å²) in [5.41, 5.74) is -0.540. The second kappa shape index (κ2) is 14.5. The molecule has 5 aromatic rings. The quantitative estimate of drug-likeness (QED) is 0.0793. The molecule has 18 heteroatoms. The van der Waals surface area contributed by atoms with Gasteiger partial charge in [0.1, 0.15) is 70.2 Å².